The van der Waals surface area contributed by atoms with Crippen LogP contribution in [0.5, 0.6) is 0 Å². The molecule has 0 heterocycles. The number of amides is 1. The van der Waals surface area contributed by atoms with Gasteiger partial charge >= 0.3 is 0 Å². The Morgan fingerprint density at radius 3 is 3.00 bits per heavy atom. The first kappa shape index (κ1) is 11.8. The van der Waals surface area contributed by atoms with E-state index in [0.29, 0.717) is 11.6 Å². The molecule has 0 saturated heterocycles. The molecule has 1 rings (SSSR count). The number of rotatable bonds is 4. The van der Waals surface area contributed by atoms with Crippen LogP contribution in [0.3, 0.4) is 0 Å². The van der Waals surface area contributed by atoms with Crippen molar-refractivity contribution in [2.24, 2.45) is 0 Å². The molecule has 1 amide bonds. The lowest BCUT2D eigenvalue weighted by Gasteiger charge is -1.97. The number of carbonyl (C=O) groups is 1. The summed E-state index contributed by atoms with van der Waals surface area (Å²) in [6.07, 6.45) is 4.20. The first-order valence-electron chi connectivity index (χ1n) is 4.94. The molecule has 0 spiro atoms. The highest BCUT2D eigenvalue weighted by molar-refractivity contribution is 6.30. The van der Waals surface area contributed by atoms with Crippen LogP contribution in [0.1, 0.15) is 18.9 Å². The molecule has 0 fully saturated rings. The Balaban J connectivity index is 2.53. The van der Waals surface area contributed by atoms with Gasteiger partial charge in [0.2, 0.25) is 5.91 Å². The first-order chi connectivity index (χ1) is 7.22. The molecule has 0 aliphatic heterocycles. The molecule has 0 aliphatic rings. The summed E-state index contributed by atoms with van der Waals surface area (Å²) in [7, 11) is 0. The second kappa shape index (κ2) is 6.25. The number of hydrogen-bond donors (Lipinski definition) is 1. The molecule has 0 unspecified atom stereocenters. The third kappa shape index (κ3) is 4.66. The third-order valence-corrected chi connectivity index (χ3v) is 2.06. The van der Waals surface area contributed by atoms with E-state index in [1.807, 2.05) is 25.1 Å². The van der Waals surface area contributed by atoms with E-state index in [1.54, 1.807) is 12.1 Å². The Morgan fingerprint density at radius 1 is 1.53 bits per heavy atom. The Kier molecular flexibility index (Phi) is 4.91. The highest BCUT2D eigenvalue weighted by Gasteiger charge is 1.93. The molecule has 1 N–H and O–H groups in total. The highest BCUT2D eigenvalue weighted by Crippen LogP contribution is 2.11. The van der Waals surface area contributed by atoms with Crippen LogP contribution >= 0.6 is 11.6 Å². The summed E-state index contributed by atoms with van der Waals surface area (Å²) in [4.78, 5) is 11.2. The van der Waals surface area contributed by atoms with Gasteiger partial charge in [-0.15, -0.1) is 0 Å². The van der Waals surface area contributed by atoms with Crippen molar-refractivity contribution in [3.05, 3.63) is 40.9 Å². The summed E-state index contributed by atoms with van der Waals surface area (Å²) < 4.78 is 0. The van der Waals surface area contributed by atoms with E-state index in [4.69, 9.17) is 11.6 Å². The van der Waals surface area contributed by atoms with Gasteiger partial charge in [0.15, 0.2) is 0 Å². The predicted molar refractivity (Wildman–Crippen MR) is 63.8 cm³/mol. The van der Waals surface area contributed by atoms with Crippen LogP contribution in [0.2, 0.25) is 5.02 Å². The average molecular weight is 224 g/mol. The molecule has 15 heavy (non-hydrogen) atoms. The van der Waals surface area contributed by atoms with Gasteiger partial charge in [0, 0.05) is 17.6 Å². The summed E-state index contributed by atoms with van der Waals surface area (Å²) in [5, 5.41) is 3.43. The quantitative estimate of drug-likeness (QED) is 0.782. The molecule has 2 nitrogen and oxygen atoms in total. The van der Waals surface area contributed by atoms with Gasteiger partial charge in [-0.05, 0) is 30.2 Å². The molecule has 1 aromatic rings. The molecule has 0 saturated carbocycles. The molecule has 3 heteroatoms. The van der Waals surface area contributed by atoms with Crippen molar-refractivity contribution in [1.29, 1.82) is 0 Å². The smallest absolute Gasteiger partial charge is 0.243 e. The molecule has 0 bridgehead atoms. The van der Waals surface area contributed by atoms with E-state index < -0.39 is 0 Å². The van der Waals surface area contributed by atoms with Crippen molar-refractivity contribution in [2.75, 3.05) is 6.54 Å². The fourth-order valence-electron chi connectivity index (χ4n) is 1.09. The summed E-state index contributed by atoms with van der Waals surface area (Å²) in [5.74, 6) is -0.0724. The van der Waals surface area contributed by atoms with Crippen molar-refractivity contribution in [3.8, 4) is 0 Å². The van der Waals surface area contributed by atoms with E-state index in [9.17, 15) is 4.79 Å². The Hall–Kier alpha value is -1.28. The molecule has 0 aromatic heterocycles. The number of hydrogen-bond acceptors (Lipinski definition) is 1. The largest absolute Gasteiger partial charge is 0.353 e. The molecule has 0 aliphatic carbocycles. The number of carbonyl (C=O) groups excluding carboxylic acids is 1. The highest BCUT2D eigenvalue weighted by atomic mass is 35.5. The lowest BCUT2D eigenvalue weighted by Crippen LogP contribution is -2.21. The standard InChI is InChI=1S/C12H14ClNO/c1-2-8-14-12(15)7-6-10-4-3-5-11(13)9-10/h3-7,9H,2,8H2,1H3,(H,14,15). The van der Waals surface area contributed by atoms with Gasteiger partial charge in [-0.1, -0.05) is 30.7 Å². The summed E-state index contributed by atoms with van der Waals surface area (Å²) in [6, 6.07) is 7.36. The van der Waals surface area contributed by atoms with E-state index >= 15 is 0 Å². The fraction of sp³-hybridized carbons (Fsp3) is 0.250. The first-order valence-corrected chi connectivity index (χ1v) is 5.31. The average Bonchev–Trinajstić information content (AvgIpc) is 2.23. The van der Waals surface area contributed by atoms with Crippen molar-refractivity contribution in [1.82, 2.24) is 5.32 Å². The maximum Gasteiger partial charge on any atom is 0.243 e. The van der Waals surface area contributed by atoms with Gasteiger partial charge in [0.1, 0.15) is 0 Å². The minimum absolute atomic E-state index is 0.0724. The maximum atomic E-state index is 11.2. The van der Waals surface area contributed by atoms with Gasteiger partial charge in [0.05, 0.1) is 0 Å². The monoisotopic (exact) mass is 223 g/mol. The fourth-order valence-corrected chi connectivity index (χ4v) is 1.29. The SMILES string of the molecule is CCCNC(=O)C=Cc1cccc(Cl)c1. The topological polar surface area (TPSA) is 29.1 Å². The number of benzene rings is 1. The van der Waals surface area contributed by atoms with E-state index in [0.717, 1.165) is 12.0 Å². The van der Waals surface area contributed by atoms with Crippen LogP contribution in [0.25, 0.3) is 6.08 Å². The van der Waals surface area contributed by atoms with Crippen LogP contribution in [-0.4, -0.2) is 12.5 Å². The Morgan fingerprint density at radius 2 is 2.33 bits per heavy atom. The van der Waals surface area contributed by atoms with Crippen LogP contribution in [0.4, 0.5) is 0 Å². The zero-order chi connectivity index (χ0) is 11.1. The van der Waals surface area contributed by atoms with Crippen LogP contribution in [0, 0.1) is 0 Å². The van der Waals surface area contributed by atoms with Gasteiger partial charge in [-0.25, -0.2) is 0 Å². The second-order valence-electron chi connectivity index (χ2n) is 3.18. The Bertz CT molecular complexity index is 360. The van der Waals surface area contributed by atoms with Crippen molar-refractivity contribution < 1.29 is 4.79 Å². The van der Waals surface area contributed by atoms with Crippen LogP contribution < -0.4 is 5.32 Å². The molecule has 0 radical (unpaired) electrons. The van der Waals surface area contributed by atoms with Crippen molar-refractivity contribution in [2.45, 2.75) is 13.3 Å². The minimum atomic E-state index is -0.0724. The summed E-state index contributed by atoms with van der Waals surface area (Å²) >= 11 is 5.81. The van der Waals surface area contributed by atoms with Crippen molar-refractivity contribution >= 4 is 23.6 Å². The number of nitrogens with one attached hydrogen (secondary N) is 1. The van der Waals surface area contributed by atoms with Crippen LogP contribution in [-0.2, 0) is 4.79 Å². The zero-order valence-electron chi connectivity index (χ0n) is 8.66. The molecule has 80 valence electrons. The number of halogens is 1. The lowest BCUT2D eigenvalue weighted by atomic mass is 10.2. The minimum Gasteiger partial charge on any atom is -0.353 e. The molecule has 0 atom stereocenters. The second-order valence-corrected chi connectivity index (χ2v) is 3.62. The maximum absolute atomic E-state index is 11.2. The van der Waals surface area contributed by atoms with E-state index in [-0.39, 0.29) is 5.91 Å². The molecular formula is C12H14ClNO. The van der Waals surface area contributed by atoms with E-state index in [2.05, 4.69) is 5.32 Å². The predicted octanol–water partition coefficient (Wildman–Crippen LogP) is 2.88. The van der Waals surface area contributed by atoms with Gasteiger partial charge in [-0.3, -0.25) is 4.79 Å². The third-order valence-electron chi connectivity index (χ3n) is 1.83. The summed E-state index contributed by atoms with van der Waals surface area (Å²) in [5.41, 5.74) is 0.925. The summed E-state index contributed by atoms with van der Waals surface area (Å²) in [6.45, 7) is 2.72. The van der Waals surface area contributed by atoms with E-state index in [1.165, 1.54) is 6.08 Å². The van der Waals surface area contributed by atoms with Gasteiger partial charge in [0.25, 0.3) is 0 Å². The normalized spacial score (nSPS) is 10.5. The zero-order valence-corrected chi connectivity index (χ0v) is 9.42. The molecular weight excluding hydrogens is 210 g/mol. The van der Waals surface area contributed by atoms with Crippen LogP contribution in [0.15, 0.2) is 30.3 Å². The van der Waals surface area contributed by atoms with Gasteiger partial charge in [-0.2, -0.15) is 0 Å². The lowest BCUT2D eigenvalue weighted by molar-refractivity contribution is -0.116. The Labute approximate surface area is 94.9 Å². The molecule has 1 aromatic carbocycles. The van der Waals surface area contributed by atoms with Gasteiger partial charge < -0.3 is 5.32 Å². The van der Waals surface area contributed by atoms with Crippen molar-refractivity contribution in [3.63, 3.8) is 0 Å².